The van der Waals surface area contributed by atoms with Crippen LogP contribution in [-0.4, -0.2) is 16.6 Å². The van der Waals surface area contributed by atoms with Crippen molar-refractivity contribution >= 4 is 21.6 Å². The van der Waals surface area contributed by atoms with Crippen LogP contribution in [0.5, 0.6) is 0 Å². The lowest BCUT2D eigenvalue weighted by atomic mass is 9.97. The number of aliphatic hydroxyl groups excluding tert-OH is 1. The number of hydrogen-bond donors (Lipinski definition) is 1. The van der Waals surface area contributed by atoms with Crippen molar-refractivity contribution in [2.24, 2.45) is 5.41 Å². The van der Waals surface area contributed by atoms with E-state index < -0.39 is 4.92 Å². The van der Waals surface area contributed by atoms with Gasteiger partial charge in [0, 0.05) is 12.7 Å². The molecule has 0 aromatic heterocycles. The average Bonchev–Trinajstić information content (AvgIpc) is 3.01. The molecule has 1 aliphatic rings. The van der Waals surface area contributed by atoms with Crippen molar-refractivity contribution in [2.75, 3.05) is 6.61 Å². The molecule has 16 heavy (non-hydrogen) atoms. The summed E-state index contributed by atoms with van der Waals surface area (Å²) < 4.78 is 0.495. The Morgan fingerprint density at radius 2 is 2.19 bits per heavy atom. The molecule has 1 fully saturated rings. The van der Waals surface area contributed by atoms with E-state index in [4.69, 9.17) is 0 Å². The molecule has 0 atom stereocenters. The number of nitrogens with zero attached hydrogens (tertiary/aromatic N) is 1. The fraction of sp³-hybridized carbons (Fsp3) is 0.455. The normalized spacial score (nSPS) is 17.1. The van der Waals surface area contributed by atoms with E-state index in [0.717, 1.165) is 24.8 Å². The predicted octanol–water partition coefficient (Wildman–Crippen LogP) is 2.67. The molecule has 0 saturated heterocycles. The topological polar surface area (TPSA) is 63.4 Å². The maximum Gasteiger partial charge on any atom is 0.283 e. The molecule has 1 aromatic carbocycles. The molecule has 0 aliphatic heterocycles. The Morgan fingerprint density at radius 3 is 2.69 bits per heavy atom. The van der Waals surface area contributed by atoms with Crippen LogP contribution in [0.4, 0.5) is 5.69 Å². The maximum atomic E-state index is 10.8. The number of nitro benzene ring substituents is 1. The molecule has 1 aromatic rings. The van der Waals surface area contributed by atoms with Crippen LogP contribution in [0.25, 0.3) is 0 Å². The third-order valence-electron chi connectivity index (χ3n) is 3.08. The third-order valence-corrected chi connectivity index (χ3v) is 3.75. The van der Waals surface area contributed by atoms with Crippen LogP contribution in [0.3, 0.4) is 0 Å². The van der Waals surface area contributed by atoms with E-state index in [2.05, 4.69) is 15.9 Å². The monoisotopic (exact) mass is 285 g/mol. The van der Waals surface area contributed by atoms with Gasteiger partial charge in [-0.2, -0.15) is 0 Å². The van der Waals surface area contributed by atoms with E-state index in [0.29, 0.717) is 4.47 Å². The molecule has 0 heterocycles. The second-order valence-electron chi connectivity index (χ2n) is 4.38. The van der Waals surface area contributed by atoms with Crippen molar-refractivity contribution in [2.45, 2.75) is 19.3 Å². The van der Waals surface area contributed by atoms with Gasteiger partial charge >= 0.3 is 0 Å². The van der Waals surface area contributed by atoms with Crippen LogP contribution < -0.4 is 0 Å². The van der Waals surface area contributed by atoms with Crippen LogP contribution in [0.2, 0.25) is 0 Å². The van der Waals surface area contributed by atoms with Gasteiger partial charge in [-0.1, -0.05) is 6.07 Å². The molecular weight excluding hydrogens is 274 g/mol. The number of nitro groups is 1. The molecule has 0 radical (unpaired) electrons. The first-order valence-electron chi connectivity index (χ1n) is 5.10. The highest BCUT2D eigenvalue weighted by molar-refractivity contribution is 9.10. The number of rotatable bonds is 4. The predicted molar refractivity (Wildman–Crippen MR) is 63.3 cm³/mol. The average molecular weight is 286 g/mol. The van der Waals surface area contributed by atoms with Gasteiger partial charge in [-0.05, 0) is 52.2 Å². The highest BCUT2D eigenvalue weighted by Crippen LogP contribution is 2.48. The Bertz CT molecular complexity index is 429. The van der Waals surface area contributed by atoms with Gasteiger partial charge in [0.05, 0.1) is 9.40 Å². The summed E-state index contributed by atoms with van der Waals surface area (Å²) in [5.74, 6) is 0. The molecule has 1 N–H and O–H groups in total. The smallest absolute Gasteiger partial charge is 0.283 e. The first kappa shape index (κ1) is 11.5. The number of hydrogen-bond acceptors (Lipinski definition) is 3. The zero-order valence-electron chi connectivity index (χ0n) is 8.65. The molecule has 1 saturated carbocycles. The summed E-state index contributed by atoms with van der Waals surface area (Å²) in [5, 5.41) is 20.0. The molecule has 0 unspecified atom stereocenters. The molecule has 0 amide bonds. The quantitative estimate of drug-likeness (QED) is 0.683. The summed E-state index contributed by atoms with van der Waals surface area (Å²) in [6, 6.07) is 5.15. The lowest BCUT2D eigenvalue weighted by Crippen LogP contribution is -2.10. The van der Waals surface area contributed by atoms with Gasteiger partial charge in [0.2, 0.25) is 0 Å². The van der Waals surface area contributed by atoms with Crippen molar-refractivity contribution in [3.8, 4) is 0 Å². The van der Waals surface area contributed by atoms with Crippen LogP contribution in [-0.2, 0) is 6.42 Å². The van der Waals surface area contributed by atoms with E-state index in [-0.39, 0.29) is 17.7 Å². The molecule has 4 nitrogen and oxygen atoms in total. The van der Waals surface area contributed by atoms with Gasteiger partial charge in [-0.3, -0.25) is 10.1 Å². The van der Waals surface area contributed by atoms with Gasteiger partial charge in [0.15, 0.2) is 0 Å². The Morgan fingerprint density at radius 1 is 1.50 bits per heavy atom. The Hall–Kier alpha value is -0.940. The minimum Gasteiger partial charge on any atom is -0.396 e. The van der Waals surface area contributed by atoms with E-state index in [9.17, 15) is 15.2 Å². The second-order valence-corrected chi connectivity index (χ2v) is 5.23. The molecular formula is C11H12BrNO3. The van der Waals surface area contributed by atoms with Gasteiger partial charge in [-0.15, -0.1) is 0 Å². The molecule has 5 heteroatoms. The fourth-order valence-electron chi connectivity index (χ4n) is 1.81. The minimum absolute atomic E-state index is 0.0122. The van der Waals surface area contributed by atoms with Crippen LogP contribution in [0.15, 0.2) is 22.7 Å². The van der Waals surface area contributed by atoms with Gasteiger partial charge < -0.3 is 5.11 Å². The SMILES string of the molecule is O=[N+]([O-])c1cc(CC2(CO)CC2)ccc1Br. The van der Waals surface area contributed by atoms with E-state index >= 15 is 0 Å². The van der Waals surface area contributed by atoms with Gasteiger partial charge in [0.25, 0.3) is 5.69 Å². The summed E-state index contributed by atoms with van der Waals surface area (Å²) >= 11 is 3.15. The van der Waals surface area contributed by atoms with Gasteiger partial charge in [-0.25, -0.2) is 0 Å². The molecule has 0 spiro atoms. The lowest BCUT2D eigenvalue weighted by molar-refractivity contribution is -0.385. The highest BCUT2D eigenvalue weighted by atomic mass is 79.9. The van der Waals surface area contributed by atoms with Crippen molar-refractivity contribution in [3.05, 3.63) is 38.3 Å². The summed E-state index contributed by atoms with van der Waals surface area (Å²) in [5.41, 5.74) is 0.995. The Kier molecular flexibility index (Phi) is 2.99. The van der Waals surface area contributed by atoms with E-state index in [1.165, 1.54) is 0 Å². The molecule has 2 rings (SSSR count). The number of aliphatic hydroxyl groups is 1. The van der Waals surface area contributed by atoms with Gasteiger partial charge in [0.1, 0.15) is 0 Å². The molecule has 0 bridgehead atoms. The second kappa shape index (κ2) is 4.14. The first-order valence-corrected chi connectivity index (χ1v) is 5.89. The summed E-state index contributed by atoms with van der Waals surface area (Å²) in [4.78, 5) is 10.4. The third kappa shape index (κ3) is 2.25. The van der Waals surface area contributed by atoms with E-state index in [1.54, 1.807) is 12.1 Å². The first-order chi connectivity index (χ1) is 7.56. The minimum atomic E-state index is -0.397. The van der Waals surface area contributed by atoms with Crippen molar-refractivity contribution in [3.63, 3.8) is 0 Å². The zero-order valence-corrected chi connectivity index (χ0v) is 10.2. The van der Waals surface area contributed by atoms with Crippen LogP contribution in [0.1, 0.15) is 18.4 Å². The largest absolute Gasteiger partial charge is 0.396 e. The van der Waals surface area contributed by atoms with E-state index in [1.807, 2.05) is 6.07 Å². The number of benzene rings is 1. The number of halogens is 1. The van der Waals surface area contributed by atoms with Crippen molar-refractivity contribution in [1.29, 1.82) is 0 Å². The van der Waals surface area contributed by atoms with Crippen molar-refractivity contribution in [1.82, 2.24) is 0 Å². The summed E-state index contributed by atoms with van der Waals surface area (Å²) in [7, 11) is 0. The Balaban J connectivity index is 2.23. The molecule has 1 aliphatic carbocycles. The maximum absolute atomic E-state index is 10.8. The fourth-order valence-corrected chi connectivity index (χ4v) is 2.20. The highest BCUT2D eigenvalue weighted by Gasteiger charge is 2.41. The Labute approximate surface area is 102 Å². The summed E-state index contributed by atoms with van der Waals surface area (Å²) in [6.45, 7) is 0.164. The standard InChI is InChI=1S/C11H12BrNO3/c12-9-2-1-8(5-10(9)13(15)16)6-11(7-14)3-4-11/h1-2,5,14H,3-4,6-7H2. The summed E-state index contributed by atoms with van der Waals surface area (Å²) in [6.07, 6.45) is 2.73. The van der Waals surface area contributed by atoms with Crippen molar-refractivity contribution < 1.29 is 10.0 Å². The van der Waals surface area contributed by atoms with Crippen LogP contribution >= 0.6 is 15.9 Å². The lowest BCUT2D eigenvalue weighted by Gasteiger charge is -2.11. The van der Waals surface area contributed by atoms with Crippen LogP contribution in [0, 0.1) is 15.5 Å². The molecule has 86 valence electrons. The zero-order chi connectivity index (χ0) is 11.8.